The molecule has 0 bridgehead atoms. The third kappa shape index (κ3) is 2.58. The fourth-order valence-electron chi connectivity index (χ4n) is 2.83. The SMILES string of the molecule is COc1ncc(-n2nc(-c3cn[nH]c3)c3c2NCOCC3)cc1C#N. The molecule has 3 aromatic heterocycles. The normalized spacial score (nSPS) is 13.4. The van der Waals surface area contributed by atoms with Crippen LogP contribution in [0.5, 0.6) is 5.88 Å². The first kappa shape index (κ1) is 15.2. The van der Waals surface area contributed by atoms with Crippen LogP contribution in [0.1, 0.15) is 11.1 Å². The Morgan fingerprint density at radius 2 is 2.32 bits per heavy atom. The number of pyridine rings is 1. The lowest BCUT2D eigenvalue weighted by atomic mass is 10.1. The second-order valence-electron chi connectivity index (χ2n) is 5.42. The molecule has 4 rings (SSSR count). The van der Waals surface area contributed by atoms with Crippen LogP contribution >= 0.6 is 0 Å². The summed E-state index contributed by atoms with van der Waals surface area (Å²) in [6.45, 7) is 0.985. The lowest BCUT2D eigenvalue weighted by Gasteiger charge is -2.10. The number of nitriles is 1. The number of methoxy groups -OCH3 is 1. The number of aromatic amines is 1. The molecule has 0 atom stereocenters. The summed E-state index contributed by atoms with van der Waals surface area (Å²) in [6.07, 6.45) is 5.87. The zero-order chi connectivity index (χ0) is 17.2. The van der Waals surface area contributed by atoms with Crippen LogP contribution in [-0.4, -0.2) is 45.4 Å². The Labute approximate surface area is 143 Å². The van der Waals surface area contributed by atoms with Crippen molar-refractivity contribution >= 4 is 5.82 Å². The third-order valence-electron chi connectivity index (χ3n) is 3.99. The number of ether oxygens (including phenoxy) is 2. The second-order valence-corrected chi connectivity index (χ2v) is 5.42. The van der Waals surface area contributed by atoms with Crippen molar-refractivity contribution in [3.8, 4) is 28.9 Å². The molecule has 4 heterocycles. The maximum atomic E-state index is 9.31. The average molecular weight is 337 g/mol. The molecule has 25 heavy (non-hydrogen) atoms. The quantitative estimate of drug-likeness (QED) is 0.744. The van der Waals surface area contributed by atoms with Gasteiger partial charge in [0.2, 0.25) is 5.88 Å². The highest BCUT2D eigenvalue weighted by Crippen LogP contribution is 2.32. The van der Waals surface area contributed by atoms with Crippen LogP contribution in [0.2, 0.25) is 0 Å². The van der Waals surface area contributed by atoms with E-state index < -0.39 is 0 Å². The van der Waals surface area contributed by atoms with E-state index in [-0.39, 0.29) is 5.88 Å². The van der Waals surface area contributed by atoms with Gasteiger partial charge >= 0.3 is 0 Å². The smallest absolute Gasteiger partial charge is 0.231 e. The van der Waals surface area contributed by atoms with Crippen LogP contribution in [0.15, 0.2) is 24.7 Å². The molecule has 0 radical (unpaired) electrons. The Balaban J connectivity index is 1.89. The second kappa shape index (κ2) is 6.26. The molecule has 126 valence electrons. The molecule has 0 unspecified atom stereocenters. The molecule has 0 spiro atoms. The molecular formula is C16H15N7O2. The van der Waals surface area contributed by atoms with Crippen LogP contribution in [0.3, 0.4) is 0 Å². The first-order valence-corrected chi connectivity index (χ1v) is 7.69. The molecule has 0 fully saturated rings. The number of anilines is 1. The number of H-pyrrole nitrogens is 1. The maximum absolute atomic E-state index is 9.31. The van der Waals surface area contributed by atoms with Crippen LogP contribution in [-0.2, 0) is 11.2 Å². The van der Waals surface area contributed by atoms with Gasteiger partial charge < -0.3 is 14.8 Å². The number of nitrogens with zero attached hydrogens (tertiary/aromatic N) is 5. The summed E-state index contributed by atoms with van der Waals surface area (Å²) in [6, 6.07) is 3.79. The van der Waals surface area contributed by atoms with E-state index in [0.29, 0.717) is 24.6 Å². The number of hydrogen-bond donors (Lipinski definition) is 2. The van der Waals surface area contributed by atoms with Crippen molar-refractivity contribution in [1.82, 2.24) is 25.0 Å². The molecule has 2 N–H and O–H groups in total. The van der Waals surface area contributed by atoms with Gasteiger partial charge in [0.1, 0.15) is 29.9 Å². The first-order valence-electron chi connectivity index (χ1n) is 7.69. The summed E-state index contributed by atoms with van der Waals surface area (Å²) < 4.78 is 12.4. The molecular weight excluding hydrogens is 322 g/mol. The van der Waals surface area contributed by atoms with E-state index in [1.165, 1.54) is 7.11 Å². The number of fused-ring (bicyclic) bond motifs is 1. The number of rotatable bonds is 3. The monoisotopic (exact) mass is 337 g/mol. The van der Waals surface area contributed by atoms with E-state index in [1.807, 2.05) is 0 Å². The van der Waals surface area contributed by atoms with Gasteiger partial charge in [-0.15, -0.1) is 0 Å². The van der Waals surface area contributed by atoms with E-state index >= 15 is 0 Å². The van der Waals surface area contributed by atoms with Gasteiger partial charge in [-0.1, -0.05) is 0 Å². The molecule has 3 aromatic rings. The largest absolute Gasteiger partial charge is 0.480 e. The highest BCUT2D eigenvalue weighted by atomic mass is 16.5. The zero-order valence-electron chi connectivity index (χ0n) is 13.5. The van der Waals surface area contributed by atoms with E-state index in [2.05, 4.69) is 26.6 Å². The molecule has 9 heteroatoms. The van der Waals surface area contributed by atoms with Crippen LogP contribution < -0.4 is 10.1 Å². The predicted octanol–water partition coefficient (Wildman–Crippen LogP) is 1.48. The van der Waals surface area contributed by atoms with Gasteiger partial charge in [-0.2, -0.15) is 15.5 Å². The van der Waals surface area contributed by atoms with Crippen molar-refractivity contribution in [2.24, 2.45) is 0 Å². The minimum absolute atomic E-state index is 0.288. The first-order chi connectivity index (χ1) is 12.3. The van der Waals surface area contributed by atoms with Crippen LogP contribution in [0, 0.1) is 11.3 Å². The third-order valence-corrected chi connectivity index (χ3v) is 3.99. The fourth-order valence-corrected chi connectivity index (χ4v) is 2.83. The van der Waals surface area contributed by atoms with Crippen molar-refractivity contribution in [2.75, 3.05) is 25.8 Å². The lowest BCUT2D eigenvalue weighted by molar-refractivity contribution is 0.159. The van der Waals surface area contributed by atoms with Gasteiger partial charge in [-0.3, -0.25) is 5.10 Å². The van der Waals surface area contributed by atoms with Gasteiger partial charge in [-0.25, -0.2) is 9.67 Å². The topological polar surface area (TPSA) is 114 Å². The van der Waals surface area contributed by atoms with Crippen molar-refractivity contribution in [1.29, 1.82) is 5.26 Å². The van der Waals surface area contributed by atoms with E-state index in [4.69, 9.17) is 14.6 Å². The minimum atomic E-state index is 0.288. The van der Waals surface area contributed by atoms with Gasteiger partial charge in [0.25, 0.3) is 0 Å². The summed E-state index contributed by atoms with van der Waals surface area (Å²) >= 11 is 0. The maximum Gasteiger partial charge on any atom is 0.231 e. The number of hydrogen-bond acceptors (Lipinski definition) is 7. The van der Waals surface area contributed by atoms with Gasteiger partial charge in [0, 0.05) is 23.7 Å². The van der Waals surface area contributed by atoms with Crippen molar-refractivity contribution in [3.63, 3.8) is 0 Å². The van der Waals surface area contributed by atoms with Crippen LogP contribution in [0.4, 0.5) is 5.82 Å². The summed E-state index contributed by atoms with van der Waals surface area (Å²) in [5, 5.41) is 24.1. The Hall–Kier alpha value is -3.38. The zero-order valence-corrected chi connectivity index (χ0v) is 13.5. The van der Waals surface area contributed by atoms with Crippen molar-refractivity contribution in [2.45, 2.75) is 6.42 Å². The van der Waals surface area contributed by atoms with E-state index in [9.17, 15) is 5.26 Å². The molecule has 0 aromatic carbocycles. The Morgan fingerprint density at radius 3 is 3.08 bits per heavy atom. The van der Waals surface area contributed by atoms with Crippen molar-refractivity contribution < 1.29 is 9.47 Å². The molecule has 0 aliphatic carbocycles. The molecule has 0 saturated carbocycles. The summed E-state index contributed by atoms with van der Waals surface area (Å²) in [5.41, 5.74) is 3.75. The molecule has 1 aliphatic rings. The molecule has 9 nitrogen and oxygen atoms in total. The summed E-state index contributed by atoms with van der Waals surface area (Å²) in [4.78, 5) is 4.21. The average Bonchev–Trinajstić information content (AvgIpc) is 3.23. The Morgan fingerprint density at radius 1 is 1.40 bits per heavy atom. The Kier molecular flexibility index (Phi) is 3.80. The van der Waals surface area contributed by atoms with E-state index in [0.717, 1.165) is 29.1 Å². The Bertz CT molecular complexity index is 940. The fraction of sp³-hybridized carbons (Fsp3) is 0.250. The summed E-state index contributed by atoms with van der Waals surface area (Å²) in [5.74, 6) is 1.11. The lowest BCUT2D eigenvalue weighted by Crippen LogP contribution is -2.09. The highest BCUT2D eigenvalue weighted by molar-refractivity contribution is 5.70. The highest BCUT2D eigenvalue weighted by Gasteiger charge is 2.23. The van der Waals surface area contributed by atoms with Crippen LogP contribution in [0.25, 0.3) is 16.9 Å². The standard InChI is InChI=1S/C16H15N7O2/c1-24-16-10(5-17)4-12(8-18-16)23-15-13(2-3-25-9-19-15)14(22-23)11-6-20-21-7-11/h4,6-8,19H,2-3,9H2,1H3,(H,20,21). The van der Waals surface area contributed by atoms with E-state index in [1.54, 1.807) is 29.3 Å². The van der Waals surface area contributed by atoms with Gasteiger partial charge in [-0.05, 0) is 6.07 Å². The molecule has 0 amide bonds. The number of nitrogens with one attached hydrogen (secondary N) is 2. The minimum Gasteiger partial charge on any atom is -0.480 e. The molecule has 1 aliphatic heterocycles. The summed E-state index contributed by atoms with van der Waals surface area (Å²) in [7, 11) is 1.48. The number of aromatic nitrogens is 5. The van der Waals surface area contributed by atoms with Gasteiger partial charge in [0.05, 0.1) is 31.8 Å². The van der Waals surface area contributed by atoms with Gasteiger partial charge in [0.15, 0.2) is 0 Å². The van der Waals surface area contributed by atoms with Crippen molar-refractivity contribution in [3.05, 3.63) is 35.8 Å². The molecule has 0 saturated heterocycles. The predicted molar refractivity (Wildman–Crippen MR) is 88.4 cm³/mol.